The molecule has 0 fully saturated rings. The Morgan fingerprint density at radius 1 is 1.23 bits per heavy atom. The van der Waals surface area contributed by atoms with Gasteiger partial charge < -0.3 is 16.4 Å². The van der Waals surface area contributed by atoms with Crippen LogP contribution in [0.5, 0.6) is 0 Å². The van der Waals surface area contributed by atoms with Crippen molar-refractivity contribution in [3.63, 3.8) is 0 Å². The monoisotopic (exact) mass is 362 g/mol. The number of amides is 3. The third-order valence-corrected chi connectivity index (χ3v) is 3.71. The summed E-state index contributed by atoms with van der Waals surface area (Å²) in [6, 6.07) is 5.84. The minimum atomic E-state index is -0.963. The van der Waals surface area contributed by atoms with Crippen LogP contribution in [0.3, 0.4) is 0 Å². The number of rotatable bonds is 10. The van der Waals surface area contributed by atoms with Crippen LogP contribution in [0.2, 0.25) is 0 Å². The number of nitrogens with zero attached hydrogens (tertiary/aromatic N) is 1. The maximum atomic E-state index is 13.3. The van der Waals surface area contributed by atoms with E-state index >= 15 is 0 Å². The predicted molar refractivity (Wildman–Crippen MR) is 92.9 cm³/mol. The summed E-state index contributed by atoms with van der Waals surface area (Å²) >= 11 is 0. The van der Waals surface area contributed by atoms with Crippen LogP contribution in [0.15, 0.2) is 24.3 Å². The van der Waals surface area contributed by atoms with Gasteiger partial charge in [-0.25, -0.2) is 4.39 Å². The molecule has 0 aliphatic rings. The van der Waals surface area contributed by atoms with Crippen LogP contribution in [-0.4, -0.2) is 29.8 Å². The van der Waals surface area contributed by atoms with Gasteiger partial charge in [-0.3, -0.25) is 14.4 Å². The van der Waals surface area contributed by atoms with Gasteiger partial charge in [-0.2, -0.15) is 5.26 Å². The molecule has 8 heteroatoms. The lowest BCUT2D eigenvalue weighted by molar-refractivity contribution is -0.130. The quantitative estimate of drug-likeness (QED) is 0.535. The van der Waals surface area contributed by atoms with Gasteiger partial charge in [-0.15, -0.1) is 0 Å². The fraction of sp³-hybridized carbons (Fsp3) is 0.444. The second-order valence-electron chi connectivity index (χ2n) is 5.95. The average molecular weight is 362 g/mol. The highest BCUT2D eigenvalue weighted by atomic mass is 19.1. The van der Waals surface area contributed by atoms with Gasteiger partial charge in [0.05, 0.1) is 6.07 Å². The van der Waals surface area contributed by atoms with E-state index in [1.165, 1.54) is 25.1 Å². The van der Waals surface area contributed by atoms with Crippen molar-refractivity contribution in [1.29, 1.82) is 5.26 Å². The van der Waals surface area contributed by atoms with Gasteiger partial charge in [-0.1, -0.05) is 12.1 Å². The molecule has 7 nitrogen and oxygen atoms in total. The van der Waals surface area contributed by atoms with Crippen molar-refractivity contribution < 1.29 is 18.8 Å². The summed E-state index contributed by atoms with van der Waals surface area (Å²) in [7, 11) is 0. The van der Waals surface area contributed by atoms with Gasteiger partial charge in [0, 0.05) is 19.8 Å². The molecule has 0 aliphatic heterocycles. The molecule has 0 saturated heterocycles. The van der Waals surface area contributed by atoms with Crippen molar-refractivity contribution in [3.05, 3.63) is 35.6 Å². The Hall–Kier alpha value is -2.95. The van der Waals surface area contributed by atoms with Crippen molar-refractivity contribution in [1.82, 2.24) is 10.6 Å². The summed E-state index contributed by atoms with van der Waals surface area (Å²) in [5.74, 6) is -2.14. The Labute approximate surface area is 151 Å². The summed E-state index contributed by atoms with van der Waals surface area (Å²) in [4.78, 5) is 35.4. The highest BCUT2D eigenvalue weighted by Crippen LogP contribution is 2.08. The first-order chi connectivity index (χ1) is 12.3. The molecule has 0 aromatic heterocycles. The number of carbonyl (C=O) groups is 3. The smallest absolute Gasteiger partial charge is 0.243 e. The van der Waals surface area contributed by atoms with Crippen molar-refractivity contribution in [2.45, 2.75) is 51.1 Å². The number of hydrogen-bond acceptors (Lipinski definition) is 4. The van der Waals surface area contributed by atoms with Crippen LogP contribution in [0.4, 0.5) is 4.39 Å². The number of primary amides is 1. The van der Waals surface area contributed by atoms with E-state index in [1.54, 1.807) is 6.07 Å². The summed E-state index contributed by atoms with van der Waals surface area (Å²) in [5.41, 5.74) is 5.85. The lowest BCUT2D eigenvalue weighted by Gasteiger charge is -2.21. The SMILES string of the molecule is CC(=O)N[C@@H](Cc1cccc(F)c1)C(=O)N[C@H](CCCCC#N)C(N)=O. The summed E-state index contributed by atoms with van der Waals surface area (Å²) in [6.07, 6.45) is 1.87. The Balaban J connectivity index is 2.77. The van der Waals surface area contributed by atoms with Gasteiger partial charge in [0.2, 0.25) is 17.7 Å². The highest BCUT2D eigenvalue weighted by Gasteiger charge is 2.25. The zero-order valence-corrected chi connectivity index (χ0v) is 14.6. The molecular weight excluding hydrogens is 339 g/mol. The van der Waals surface area contributed by atoms with E-state index in [9.17, 15) is 18.8 Å². The second kappa shape index (κ2) is 10.8. The molecule has 1 aromatic carbocycles. The Kier molecular flexibility index (Phi) is 8.78. The van der Waals surface area contributed by atoms with Crippen molar-refractivity contribution in [2.24, 2.45) is 5.73 Å². The predicted octanol–water partition coefficient (Wildman–Crippen LogP) is 0.927. The number of benzene rings is 1. The van der Waals surface area contributed by atoms with Crippen LogP contribution >= 0.6 is 0 Å². The number of halogens is 1. The molecule has 0 spiro atoms. The standard InChI is InChI=1S/C18H23FN4O3/c1-12(24)22-16(11-13-6-5-7-14(19)10-13)18(26)23-15(17(21)25)8-3-2-4-9-20/h5-7,10,15-16H,2-4,8,11H2,1H3,(H2,21,25)(H,22,24)(H,23,26)/t15-,16+/m1/s1. The molecule has 0 heterocycles. The molecule has 0 saturated carbocycles. The first-order valence-electron chi connectivity index (χ1n) is 8.31. The molecule has 0 unspecified atom stereocenters. The number of nitrogens with one attached hydrogen (secondary N) is 2. The molecule has 0 aliphatic carbocycles. The lowest BCUT2D eigenvalue weighted by atomic mass is 10.0. The van der Waals surface area contributed by atoms with Gasteiger partial charge in [0.15, 0.2) is 0 Å². The van der Waals surface area contributed by atoms with Gasteiger partial charge in [0.1, 0.15) is 17.9 Å². The molecule has 1 rings (SSSR count). The normalized spacial score (nSPS) is 12.5. The molecule has 3 amide bonds. The summed E-state index contributed by atoms with van der Waals surface area (Å²) in [5, 5.41) is 13.6. The zero-order chi connectivity index (χ0) is 19.5. The van der Waals surface area contributed by atoms with Crippen molar-refractivity contribution in [3.8, 4) is 6.07 Å². The molecule has 4 N–H and O–H groups in total. The van der Waals surface area contributed by atoms with Crippen molar-refractivity contribution in [2.75, 3.05) is 0 Å². The van der Waals surface area contributed by atoms with Crippen LogP contribution in [-0.2, 0) is 20.8 Å². The number of carbonyl (C=O) groups excluding carboxylic acids is 3. The first-order valence-corrected chi connectivity index (χ1v) is 8.31. The topological polar surface area (TPSA) is 125 Å². The number of nitriles is 1. The number of nitrogens with two attached hydrogens (primary N) is 1. The second-order valence-corrected chi connectivity index (χ2v) is 5.95. The Bertz CT molecular complexity index is 687. The molecule has 1 aromatic rings. The van der Waals surface area contributed by atoms with Gasteiger partial charge >= 0.3 is 0 Å². The van der Waals surface area contributed by atoms with Crippen molar-refractivity contribution >= 4 is 17.7 Å². The summed E-state index contributed by atoms with van der Waals surface area (Å²) < 4.78 is 13.3. The number of unbranched alkanes of at least 4 members (excludes halogenated alkanes) is 2. The zero-order valence-electron chi connectivity index (χ0n) is 14.6. The van der Waals surface area contributed by atoms with Crippen LogP contribution < -0.4 is 16.4 Å². The Morgan fingerprint density at radius 3 is 2.54 bits per heavy atom. The minimum absolute atomic E-state index is 0.0725. The average Bonchev–Trinajstić information content (AvgIpc) is 2.56. The first kappa shape index (κ1) is 21.1. The van der Waals surface area contributed by atoms with E-state index in [1.807, 2.05) is 6.07 Å². The fourth-order valence-electron chi connectivity index (χ4n) is 2.46. The maximum Gasteiger partial charge on any atom is 0.243 e. The fourth-order valence-corrected chi connectivity index (χ4v) is 2.46. The van der Waals surface area contributed by atoms with Gasteiger partial charge in [-0.05, 0) is 37.0 Å². The molecule has 140 valence electrons. The van der Waals surface area contributed by atoms with E-state index in [0.29, 0.717) is 31.2 Å². The molecular formula is C18H23FN4O3. The molecule has 26 heavy (non-hydrogen) atoms. The van der Waals surface area contributed by atoms with E-state index in [0.717, 1.165) is 0 Å². The Morgan fingerprint density at radius 2 is 1.96 bits per heavy atom. The molecule has 0 radical (unpaired) electrons. The van der Waals surface area contributed by atoms with Gasteiger partial charge in [0.25, 0.3) is 0 Å². The maximum absolute atomic E-state index is 13.3. The molecule has 0 bridgehead atoms. The molecule has 2 atom stereocenters. The summed E-state index contributed by atoms with van der Waals surface area (Å²) in [6.45, 7) is 1.26. The van der Waals surface area contributed by atoms with Crippen LogP contribution in [0.25, 0.3) is 0 Å². The largest absolute Gasteiger partial charge is 0.368 e. The minimum Gasteiger partial charge on any atom is -0.368 e. The van der Waals surface area contributed by atoms with Crippen LogP contribution in [0.1, 0.15) is 38.2 Å². The third kappa shape index (κ3) is 7.75. The lowest BCUT2D eigenvalue weighted by Crippen LogP contribution is -2.53. The van der Waals surface area contributed by atoms with Crippen LogP contribution in [0, 0.1) is 17.1 Å². The third-order valence-electron chi connectivity index (χ3n) is 3.71. The van der Waals surface area contributed by atoms with E-state index in [4.69, 9.17) is 11.0 Å². The highest BCUT2D eigenvalue weighted by molar-refractivity contribution is 5.91. The number of hydrogen-bond donors (Lipinski definition) is 3. The van der Waals surface area contributed by atoms with E-state index in [2.05, 4.69) is 10.6 Å². The van der Waals surface area contributed by atoms with E-state index in [-0.39, 0.29) is 6.42 Å². The van der Waals surface area contributed by atoms with E-state index < -0.39 is 35.6 Å².